The Kier molecular flexibility index (Phi) is 4.70. The standard InChI is InChI=1S/C19H23N5O/c1-5-24-14(4)18(13(3)23-24)12(2)21-19(25)22-16-8-9-17-15(11-16)7-6-10-20-17/h6-12H,5H2,1-4H3,(H2,21,22,25)/t12-/m1/s1. The third kappa shape index (κ3) is 3.47. The molecule has 0 saturated heterocycles. The molecular weight excluding hydrogens is 314 g/mol. The number of nitrogens with zero attached hydrogens (tertiary/aromatic N) is 3. The van der Waals surface area contributed by atoms with Crippen molar-refractivity contribution in [2.45, 2.75) is 40.3 Å². The third-order valence-electron chi connectivity index (χ3n) is 4.38. The van der Waals surface area contributed by atoms with Crippen LogP contribution in [0, 0.1) is 13.8 Å². The number of aromatic nitrogens is 3. The number of pyridine rings is 1. The summed E-state index contributed by atoms with van der Waals surface area (Å²) in [4.78, 5) is 16.6. The summed E-state index contributed by atoms with van der Waals surface area (Å²) in [6, 6.07) is 9.16. The highest BCUT2D eigenvalue weighted by atomic mass is 16.2. The lowest BCUT2D eigenvalue weighted by Gasteiger charge is -2.16. The number of urea groups is 1. The van der Waals surface area contributed by atoms with Gasteiger partial charge in [-0.3, -0.25) is 9.67 Å². The quantitative estimate of drug-likeness (QED) is 0.757. The van der Waals surface area contributed by atoms with E-state index in [-0.39, 0.29) is 12.1 Å². The molecule has 3 aromatic rings. The minimum absolute atomic E-state index is 0.123. The van der Waals surface area contributed by atoms with E-state index in [4.69, 9.17) is 0 Å². The molecule has 25 heavy (non-hydrogen) atoms. The van der Waals surface area contributed by atoms with Gasteiger partial charge in [0.25, 0.3) is 0 Å². The second-order valence-electron chi connectivity index (χ2n) is 6.13. The molecule has 6 nitrogen and oxygen atoms in total. The fraction of sp³-hybridized carbons (Fsp3) is 0.316. The summed E-state index contributed by atoms with van der Waals surface area (Å²) in [6.45, 7) is 8.85. The van der Waals surface area contributed by atoms with E-state index in [1.54, 1.807) is 6.20 Å². The van der Waals surface area contributed by atoms with E-state index in [2.05, 4.69) is 27.6 Å². The van der Waals surface area contributed by atoms with Gasteiger partial charge in [0.05, 0.1) is 17.3 Å². The van der Waals surface area contributed by atoms with Crippen LogP contribution in [0.3, 0.4) is 0 Å². The molecule has 0 aliphatic carbocycles. The summed E-state index contributed by atoms with van der Waals surface area (Å²) in [5.74, 6) is 0. The van der Waals surface area contributed by atoms with Crippen molar-refractivity contribution in [1.82, 2.24) is 20.1 Å². The Bertz CT molecular complexity index is 915. The number of fused-ring (bicyclic) bond motifs is 1. The number of anilines is 1. The van der Waals surface area contributed by atoms with Crippen LogP contribution in [0.2, 0.25) is 0 Å². The molecule has 0 aliphatic heterocycles. The summed E-state index contributed by atoms with van der Waals surface area (Å²) >= 11 is 0. The van der Waals surface area contributed by atoms with Crippen LogP contribution < -0.4 is 10.6 Å². The summed E-state index contributed by atoms with van der Waals surface area (Å²) in [6.07, 6.45) is 1.75. The zero-order chi connectivity index (χ0) is 18.0. The van der Waals surface area contributed by atoms with Crippen LogP contribution in [0.15, 0.2) is 36.5 Å². The van der Waals surface area contributed by atoms with Crippen molar-refractivity contribution < 1.29 is 4.79 Å². The molecule has 3 rings (SSSR count). The van der Waals surface area contributed by atoms with Gasteiger partial charge in [-0.15, -0.1) is 0 Å². The van der Waals surface area contributed by atoms with Crippen molar-refractivity contribution in [3.05, 3.63) is 53.5 Å². The molecule has 1 aromatic carbocycles. The number of benzene rings is 1. The van der Waals surface area contributed by atoms with Crippen molar-refractivity contribution >= 4 is 22.6 Å². The SMILES string of the molecule is CCn1nc(C)c([C@@H](C)NC(=O)Nc2ccc3ncccc3c2)c1C. The predicted octanol–water partition coefficient (Wildman–Crippen LogP) is 3.95. The molecule has 2 aromatic heterocycles. The first-order chi connectivity index (χ1) is 12.0. The highest BCUT2D eigenvalue weighted by Crippen LogP contribution is 2.22. The molecule has 0 bridgehead atoms. The van der Waals surface area contributed by atoms with Crippen LogP contribution in [0.4, 0.5) is 10.5 Å². The average molecular weight is 337 g/mol. The largest absolute Gasteiger partial charge is 0.331 e. The van der Waals surface area contributed by atoms with Gasteiger partial charge < -0.3 is 10.6 Å². The van der Waals surface area contributed by atoms with Crippen molar-refractivity contribution in [3.8, 4) is 0 Å². The van der Waals surface area contributed by atoms with E-state index in [0.717, 1.165) is 40.1 Å². The summed E-state index contributed by atoms with van der Waals surface area (Å²) < 4.78 is 1.96. The second kappa shape index (κ2) is 6.93. The lowest BCUT2D eigenvalue weighted by atomic mass is 10.1. The molecule has 2 N–H and O–H groups in total. The molecule has 0 aliphatic rings. The first-order valence-corrected chi connectivity index (χ1v) is 8.45. The molecule has 0 radical (unpaired) electrons. The Labute approximate surface area is 147 Å². The van der Waals surface area contributed by atoms with Crippen LogP contribution in [0.1, 0.15) is 36.8 Å². The topological polar surface area (TPSA) is 71.8 Å². The zero-order valence-electron chi connectivity index (χ0n) is 15.0. The van der Waals surface area contributed by atoms with Gasteiger partial charge >= 0.3 is 6.03 Å². The molecule has 0 saturated carbocycles. The lowest BCUT2D eigenvalue weighted by Crippen LogP contribution is -2.31. The number of hydrogen-bond donors (Lipinski definition) is 2. The van der Waals surface area contributed by atoms with Gasteiger partial charge in [0.15, 0.2) is 0 Å². The normalized spacial score (nSPS) is 12.2. The smallest absolute Gasteiger partial charge is 0.319 e. The van der Waals surface area contributed by atoms with Crippen LogP contribution in [0.25, 0.3) is 10.9 Å². The van der Waals surface area contributed by atoms with Crippen molar-refractivity contribution in [2.75, 3.05) is 5.32 Å². The molecule has 0 spiro atoms. The van der Waals surface area contributed by atoms with E-state index in [9.17, 15) is 4.79 Å². The van der Waals surface area contributed by atoms with Crippen molar-refractivity contribution in [3.63, 3.8) is 0 Å². The molecule has 6 heteroatoms. The van der Waals surface area contributed by atoms with Gasteiger partial charge in [-0.1, -0.05) is 6.07 Å². The maximum atomic E-state index is 12.4. The highest BCUT2D eigenvalue weighted by Gasteiger charge is 2.18. The lowest BCUT2D eigenvalue weighted by molar-refractivity contribution is 0.249. The van der Waals surface area contributed by atoms with E-state index < -0.39 is 0 Å². The fourth-order valence-corrected chi connectivity index (χ4v) is 3.23. The number of hydrogen-bond acceptors (Lipinski definition) is 3. The van der Waals surface area contributed by atoms with Gasteiger partial charge in [-0.25, -0.2) is 4.79 Å². The highest BCUT2D eigenvalue weighted by molar-refractivity contribution is 5.92. The Morgan fingerprint density at radius 1 is 1.28 bits per heavy atom. The van der Waals surface area contributed by atoms with Gasteiger partial charge in [0.2, 0.25) is 0 Å². The first kappa shape index (κ1) is 17.0. The Morgan fingerprint density at radius 2 is 2.08 bits per heavy atom. The van der Waals surface area contributed by atoms with Crippen molar-refractivity contribution in [2.24, 2.45) is 0 Å². The van der Waals surface area contributed by atoms with Gasteiger partial charge in [0, 0.05) is 35.1 Å². The van der Waals surface area contributed by atoms with E-state index in [1.807, 2.05) is 55.8 Å². The van der Waals surface area contributed by atoms with Gasteiger partial charge in [-0.2, -0.15) is 5.10 Å². The number of rotatable bonds is 4. The van der Waals surface area contributed by atoms with E-state index in [1.165, 1.54) is 0 Å². The number of amides is 2. The minimum atomic E-state index is -0.237. The van der Waals surface area contributed by atoms with E-state index >= 15 is 0 Å². The molecule has 130 valence electrons. The summed E-state index contributed by atoms with van der Waals surface area (Å²) in [5.41, 5.74) is 4.75. The first-order valence-electron chi connectivity index (χ1n) is 8.45. The monoisotopic (exact) mass is 337 g/mol. The van der Waals surface area contributed by atoms with Crippen LogP contribution >= 0.6 is 0 Å². The number of aryl methyl sites for hydroxylation is 2. The van der Waals surface area contributed by atoms with Gasteiger partial charge in [-0.05, 0) is 52.0 Å². The molecule has 2 amide bonds. The van der Waals surface area contributed by atoms with Gasteiger partial charge in [0.1, 0.15) is 0 Å². The Hall–Kier alpha value is -2.89. The number of carbonyl (C=O) groups excluding carboxylic acids is 1. The molecule has 1 atom stereocenters. The number of carbonyl (C=O) groups is 1. The maximum Gasteiger partial charge on any atom is 0.319 e. The zero-order valence-corrected chi connectivity index (χ0v) is 15.0. The second-order valence-corrected chi connectivity index (χ2v) is 6.13. The average Bonchev–Trinajstić information content (AvgIpc) is 2.88. The Morgan fingerprint density at radius 3 is 2.80 bits per heavy atom. The molecular formula is C19H23N5O. The Balaban J connectivity index is 1.72. The van der Waals surface area contributed by atoms with Crippen LogP contribution in [-0.2, 0) is 6.54 Å². The van der Waals surface area contributed by atoms with Crippen molar-refractivity contribution in [1.29, 1.82) is 0 Å². The summed E-state index contributed by atoms with van der Waals surface area (Å²) in [7, 11) is 0. The predicted molar refractivity (Wildman–Crippen MR) is 99.7 cm³/mol. The van der Waals surface area contributed by atoms with Crippen LogP contribution in [-0.4, -0.2) is 20.8 Å². The maximum absolute atomic E-state index is 12.4. The molecule has 2 heterocycles. The fourth-order valence-electron chi connectivity index (χ4n) is 3.23. The van der Waals surface area contributed by atoms with Crippen LogP contribution in [0.5, 0.6) is 0 Å². The minimum Gasteiger partial charge on any atom is -0.331 e. The number of nitrogens with one attached hydrogen (secondary N) is 2. The summed E-state index contributed by atoms with van der Waals surface area (Å²) in [5, 5.41) is 11.4. The third-order valence-corrected chi connectivity index (χ3v) is 4.38. The molecule has 0 fully saturated rings. The van der Waals surface area contributed by atoms with E-state index in [0.29, 0.717) is 0 Å². The molecule has 0 unspecified atom stereocenters.